The molecule has 1 rings (SSSR count). The van der Waals surface area contributed by atoms with Crippen molar-refractivity contribution < 1.29 is 9.53 Å². The fraction of sp³-hybridized carbons (Fsp3) is 0.750. The Morgan fingerprint density at radius 3 is 2.87 bits per heavy atom. The zero-order valence-electron chi connectivity index (χ0n) is 9.79. The number of nitrogens with zero attached hydrogens (tertiary/aromatic N) is 1. The van der Waals surface area contributed by atoms with Crippen molar-refractivity contribution in [1.82, 2.24) is 4.90 Å². The topological polar surface area (TPSA) is 29.5 Å². The highest BCUT2D eigenvalue weighted by atomic mass is 16.5. The predicted octanol–water partition coefficient (Wildman–Crippen LogP) is 1.98. The van der Waals surface area contributed by atoms with Gasteiger partial charge in [-0.2, -0.15) is 0 Å². The molecule has 1 heterocycles. The van der Waals surface area contributed by atoms with Crippen LogP contribution in [0.5, 0.6) is 0 Å². The lowest BCUT2D eigenvalue weighted by molar-refractivity contribution is -0.139. The number of esters is 1. The minimum absolute atomic E-state index is 0.278. The summed E-state index contributed by atoms with van der Waals surface area (Å²) >= 11 is 0. The summed E-state index contributed by atoms with van der Waals surface area (Å²) in [6.07, 6.45) is 3.84. The van der Waals surface area contributed by atoms with Gasteiger partial charge < -0.3 is 4.74 Å². The molecule has 3 nitrogen and oxygen atoms in total. The zero-order chi connectivity index (χ0) is 11.3. The van der Waals surface area contributed by atoms with E-state index in [2.05, 4.69) is 18.4 Å². The molecule has 1 aliphatic heterocycles. The number of hydrogen-bond donors (Lipinski definition) is 0. The molecule has 86 valence electrons. The maximum absolute atomic E-state index is 11.1. The third kappa shape index (κ3) is 4.04. The zero-order valence-corrected chi connectivity index (χ0v) is 9.79. The number of piperidine rings is 1. The van der Waals surface area contributed by atoms with Crippen molar-refractivity contribution in [3.63, 3.8) is 0 Å². The average molecular weight is 211 g/mol. The van der Waals surface area contributed by atoms with Gasteiger partial charge in [0.1, 0.15) is 6.61 Å². The molecule has 15 heavy (non-hydrogen) atoms. The van der Waals surface area contributed by atoms with E-state index in [1.807, 2.05) is 0 Å². The lowest BCUT2D eigenvalue weighted by Crippen LogP contribution is -2.39. The lowest BCUT2D eigenvalue weighted by atomic mass is 10.0. The van der Waals surface area contributed by atoms with Crippen molar-refractivity contribution in [3.8, 4) is 0 Å². The molecule has 1 unspecified atom stereocenters. The number of hydrogen-bond acceptors (Lipinski definition) is 3. The van der Waals surface area contributed by atoms with Gasteiger partial charge in [-0.1, -0.05) is 13.0 Å². The van der Waals surface area contributed by atoms with Crippen LogP contribution in [0.1, 0.15) is 33.1 Å². The van der Waals surface area contributed by atoms with Gasteiger partial charge in [-0.3, -0.25) is 4.90 Å². The van der Waals surface area contributed by atoms with Gasteiger partial charge in [-0.05, 0) is 33.2 Å². The Bertz CT molecular complexity index is 238. The molecule has 0 spiro atoms. The van der Waals surface area contributed by atoms with Crippen LogP contribution in [0.3, 0.4) is 0 Å². The molecule has 0 N–H and O–H groups in total. The largest absolute Gasteiger partial charge is 0.461 e. The Morgan fingerprint density at radius 2 is 2.27 bits per heavy atom. The Labute approximate surface area is 92.1 Å². The number of carbonyl (C=O) groups excluding carboxylic acids is 1. The number of likely N-dealkylation sites (tertiary alicyclic amines) is 1. The molecular weight excluding hydrogens is 190 g/mol. The molecule has 0 amide bonds. The van der Waals surface area contributed by atoms with Gasteiger partial charge in [0, 0.05) is 18.2 Å². The highest BCUT2D eigenvalue weighted by Gasteiger charge is 2.17. The third-order valence-corrected chi connectivity index (χ3v) is 2.90. The maximum atomic E-state index is 11.1. The Hall–Kier alpha value is -0.830. The van der Waals surface area contributed by atoms with Gasteiger partial charge in [-0.15, -0.1) is 0 Å². The Kier molecular flexibility index (Phi) is 4.82. The molecule has 1 aliphatic rings. The Balaban J connectivity index is 2.19. The second-order valence-corrected chi connectivity index (χ2v) is 4.30. The first-order valence-electron chi connectivity index (χ1n) is 5.68. The van der Waals surface area contributed by atoms with E-state index < -0.39 is 0 Å². The quantitative estimate of drug-likeness (QED) is 0.526. The van der Waals surface area contributed by atoms with Gasteiger partial charge in [-0.25, -0.2) is 4.79 Å². The summed E-state index contributed by atoms with van der Waals surface area (Å²) in [5, 5.41) is 0. The van der Waals surface area contributed by atoms with Gasteiger partial charge in [0.25, 0.3) is 0 Å². The van der Waals surface area contributed by atoms with E-state index in [-0.39, 0.29) is 5.97 Å². The molecule has 0 aromatic rings. The summed E-state index contributed by atoms with van der Waals surface area (Å²) in [4.78, 5) is 13.5. The summed E-state index contributed by atoms with van der Waals surface area (Å²) in [5.41, 5.74) is 0.474. The summed E-state index contributed by atoms with van der Waals surface area (Å²) in [7, 11) is 0. The predicted molar refractivity (Wildman–Crippen MR) is 60.7 cm³/mol. The summed E-state index contributed by atoms with van der Waals surface area (Å²) in [6.45, 7) is 9.92. The van der Waals surface area contributed by atoms with Crippen LogP contribution in [0.15, 0.2) is 12.2 Å². The fourth-order valence-corrected chi connectivity index (χ4v) is 1.87. The van der Waals surface area contributed by atoms with Crippen LogP contribution in [0, 0.1) is 0 Å². The third-order valence-electron chi connectivity index (χ3n) is 2.90. The molecule has 1 atom stereocenters. The lowest BCUT2D eigenvalue weighted by Gasteiger charge is -2.32. The van der Waals surface area contributed by atoms with E-state index >= 15 is 0 Å². The first kappa shape index (κ1) is 12.2. The first-order chi connectivity index (χ1) is 7.11. The molecule has 0 radical (unpaired) electrons. The molecular formula is C12H21NO2. The van der Waals surface area contributed by atoms with Gasteiger partial charge >= 0.3 is 5.97 Å². The molecule has 3 heteroatoms. The minimum atomic E-state index is -0.278. The number of ether oxygens (including phenoxy) is 1. The molecule has 1 fully saturated rings. The van der Waals surface area contributed by atoms with Crippen molar-refractivity contribution >= 4 is 5.97 Å². The van der Waals surface area contributed by atoms with Crippen molar-refractivity contribution in [2.45, 2.75) is 39.2 Å². The summed E-state index contributed by atoms with van der Waals surface area (Å²) in [5.74, 6) is -0.278. The van der Waals surface area contributed by atoms with Crippen LogP contribution < -0.4 is 0 Å². The van der Waals surface area contributed by atoms with E-state index in [9.17, 15) is 4.79 Å². The average Bonchev–Trinajstić information content (AvgIpc) is 2.20. The highest BCUT2D eigenvalue weighted by molar-refractivity contribution is 5.86. The molecule has 1 saturated heterocycles. The van der Waals surface area contributed by atoms with Crippen LogP contribution in [0.25, 0.3) is 0 Å². The van der Waals surface area contributed by atoms with E-state index in [1.54, 1.807) is 6.92 Å². The molecule has 0 aromatic heterocycles. The van der Waals surface area contributed by atoms with E-state index in [4.69, 9.17) is 4.74 Å². The SMILES string of the molecule is C=C(C)C(=O)OCCN1CCCCC1C. The molecule has 0 aromatic carbocycles. The smallest absolute Gasteiger partial charge is 0.333 e. The van der Waals surface area contributed by atoms with Crippen LogP contribution in [0.2, 0.25) is 0 Å². The fourth-order valence-electron chi connectivity index (χ4n) is 1.87. The molecule has 0 saturated carbocycles. The van der Waals surface area contributed by atoms with E-state index in [0.717, 1.165) is 13.1 Å². The molecule has 0 aliphatic carbocycles. The Morgan fingerprint density at radius 1 is 1.53 bits per heavy atom. The second kappa shape index (κ2) is 5.91. The van der Waals surface area contributed by atoms with Crippen LogP contribution in [-0.2, 0) is 9.53 Å². The summed E-state index contributed by atoms with van der Waals surface area (Å²) < 4.78 is 5.07. The van der Waals surface area contributed by atoms with Crippen molar-refractivity contribution in [2.24, 2.45) is 0 Å². The first-order valence-corrected chi connectivity index (χ1v) is 5.68. The van der Waals surface area contributed by atoms with Gasteiger partial charge in [0.05, 0.1) is 0 Å². The monoisotopic (exact) mass is 211 g/mol. The van der Waals surface area contributed by atoms with Crippen molar-refractivity contribution in [2.75, 3.05) is 19.7 Å². The number of carbonyl (C=O) groups is 1. The minimum Gasteiger partial charge on any atom is -0.461 e. The van der Waals surface area contributed by atoms with Crippen molar-refractivity contribution in [1.29, 1.82) is 0 Å². The van der Waals surface area contributed by atoms with Crippen molar-refractivity contribution in [3.05, 3.63) is 12.2 Å². The van der Waals surface area contributed by atoms with Gasteiger partial charge in [0.15, 0.2) is 0 Å². The highest BCUT2D eigenvalue weighted by Crippen LogP contribution is 2.15. The maximum Gasteiger partial charge on any atom is 0.333 e. The van der Waals surface area contributed by atoms with Crippen LogP contribution in [0.4, 0.5) is 0 Å². The second-order valence-electron chi connectivity index (χ2n) is 4.30. The molecule has 0 bridgehead atoms. The van der Waals surface area contributed by atoms with Gasteiger partial charge in [0.2, 0.25) is 0 Å². The summed E-state index contributed by atoms with van der Waals surface area (Å²) in [6, 6.07) is 0.627. The normalized spacial score (nSPS) is 22.4. The van der Waals surface area contributed by atoms with E-state index in [0.29, 0.717) is 18.2 Å². The van der Waals surface area contributed by atoms with Crippen LogP contribution >= 0.6 is 0 Å². The van der Waals surface area contributed by atoms with E-state index in [1.165, 1.54) is 19.3 Å². The number of rotatable bonds is 4. The standard InChI is InChI=1S/C12H21NO2/c1-10(2)12(14)15-9-8-13-7-5-4-6-11(13)3/h11H,1,4-9H2,2-3H3. The van der Waals surface area contributed by atoms with Crippen LogP contribution in [-0.4, -0.2) is 36.6 Å².